The van der Waals surface area contributed by atoms with Gasteiger partial charge < -0.3 is 15.0 Å². The second-order valence-electron chi connectivity index (χ2n) is 6.08. The summed E-state index contributed by atoms with van der Waals surface area (Å²) in [5, 5.41) is 3.58. The Morgan fingerprint density at radius 3 is 2.95 bits per heavy atom. The monoisotopic (exact) mass is 288 g/mol. The van der Waals surface area contributed by atoms with Gasteiger partial charge in [0.25, 0.3) is 0 Å². The number of nitrogens with zero attached hydrogens (tertiary/aromatic N) is 1. The lowest BCUT2D eigenvalue weighted by Gasteiger charge is -2.18. The van der Waals surface area contributed by atoms with Crippen molar-refractivity contribution in [2.45, 2.75) is 25.8 Å². The maximum absolute atomic E-state index is 5.78. The van der Waals surface area contributed by atoms with Gasteiger partial charge in [-0.15, -0.1) is 0 Å². The third kappa shape index (κ3) is 6.32. The van der Waals surface area contributed by atoms with Gasteiger partial charge in [-0.1, -0.05) is 24.3 Å². The molecule has 0 aliphatic heterocycles. The molecular formula is C18H28N2O. The number of ether oxygens (including phenoxy) is 1. The van der Waals surface area contributed by atoms with E-state index in [0.29, 0.717) is 0 Å². The maximum atomic E-state index is 5.78. The molecule has 1 aromatic rings. The highest BCUT2D eigenvalue weighted by molar-refractivity contribution is 5.28. The summed E-state index contributed by atoms with van der Waals surface area (Å²) >= 11 is 0. The number of rotatable bonds is 8. The highest BCUT2D eigenvalue weighted by Crippen LogP contribution is 2.17. The molecule has 1 N–H and O–H groups in total. The molecule has 116 valence electrons. The average Bonchev–Trinajstić information content (AvgIpc) is 2.48. The summed E-state index contributed by atoms with van der Waals surface area (Å²) in [4.78, 5) is 2.13. The number of benzene rings is 1. The van der Waals surface area contributed by atoms with Gasteiger partial charge in [-0.2, -0.15) is 0 Å². The summed E-state index contributed by atoms with van der Waals surface area (Å²) in [6.45, 7) is 3.71. The van der Waals surface area contributed by atoms with Gasteiger partial charge in [0.05, 0.1) is 0 Å². The minimum atomic E-state index is 0.734. The lowest BCUT2D eigenvalue weighted by atomic mass is 9.94. The molecule has 0 aromatic heterocycles. The van der Waals surface area contributed by atoms with Gasteiger partial charge >= 0.3 is 0 Å². The molecule has 0 saturated carbocycles. The van der Waals surface area contributed by atoms with E-state index in [1.54, 1.807) is 0 Å². The van der Waals surface area contributed by atoms with E-state index in [1.807, 2.05) is 6.07 Å². The molecule has 1 aliphatic carbocycles. The van der Waals surface area contributed by atoms with E-state index in [-0.39, 0.29) is 0 Å². The third-order valence-electron chi connectivity index (χ3n) is 3.85. The molecule has 1 aromatic carbocycles. The van der Waals surface area contributed by atoms with Crippen molar-refractivity contribution in [2.75, 3.05) is 33.8 Å². The average molecular weight is 288 g/mol. The van der Waals surface area contributed by atoms with Gasteiger partial charge in [0.2, 0.25) is 0 Å². The molecule has 3 nitrogen and oxygen atoms in total. The predicted octanol–water partition coefficient (Wildman–Crippen LogP) is 3.07. The Morgan fingerprint density at radius 2 is 2.19 bits per heavy atom. The summed E-state index contributed by atoms with van der Waals surface area (Å²) in [6.07, 6.45) is 8.39. The summed E-state index contributed by atoms with van der Waals surface area (Å²) in [6, 6.07) is 8.41. The van der Waals surface area contributed by atoms with Crippen LogP contribution in [0.15, 0.2) is 36.4 Å². The number of likely N-dealkylation sites (N-methyl/N-ethyl adjacent to an activating group) is 1. The fourth-order valence-electron chi connectivity index (χ4n) is 2.55. The number of allylic oxidation sites excluding steroid dienone is 2. The Balaban J connectivity index is 1.71. The van der Waals surface area contributed by atoms with Gasteiger partial charge in [-0.25, -0.2) is 0 Å². The van der Waals surface area contributed by atoms with E-state index >= 15 is 0 Å². The van der Waals surface area contributed by atoms with E-state index in [9.17, 15) is 0 Å². The van der Waals surface area contributed by atoms with Crippen LogP contribution < -0.4 is 10.1 Å². The van der Waals surface area contributed by atoms with Crippen molar-refractivity contribution in [3.63, 3.8) is 0 Å². The zero-order chi connectivity index (χ0) is 14.9. The van der Waals surface area contributed by atoms with Crippen molar-refractivity contribution < 1.29 is 4.74 Å². The van der Waals surface area contributed by atoms with Crippen LogP contribution in [0.5, 0.6) is 5.75 Å². The van der Waals surface area contributed by atoms with Crippen LogP contribution in [0, 0.1) is 5.92 Å². The normalized spacial score (nSPS) is 18.1. The van der Waals surface area contributed by atoms with Crippen LogP contribution in [-0.2, 0) is 6.54 Å². The van der Waals surface area contributed by atoms with Crippen molar-refractivity contribution in [2.24, 2.45) is 5.92 Å². The van der Waals surface area contributed by atoms with Crippen LogP contribution in [0.3, 0.4) is 0 Å². The molecule has 0 radical (unpaired) electrons. The van der Waals surface area contributed by atoms with Crippen LogP contribution in [0.2, 0.25) is 0 Å². The van der Waals surface area contributed by atoms with Gasteiger partial charge in [0.1, 0.15) is 12.4 Å². The van der Waals surface area contributed by atoms with E-state index in [1.165, 1.54) is 24.8 Å². The highest BCUT2D eigenvalue weighted by Gasteiger charge is 2.08. The third-order valence-corrected chi connectivity index (χ3v) is 3.85. The Hall–Kier alpha value is -1.32. The molecule has 21 heavy (non-hydrogen) atoms. The molecule has 2 rings (SSSR count). The predicted molar refractivity (Wildman–Crippen MR) is 88.7 cm³/mol. The fraction of sp³-hybridized carbons (Fsp3) is 0.556. The quantitative estimate of drug-likeness (QED) is 0.744. The lowest BCUT2D eigenvalue weighted by Crippen LogP contribution is -2.23. The summed E-state index contributed by atoms with van der Waals surface area (Å²) in [5.74, 6) is 1.77. The SMILES string of the molecule is CN(C)CCOc1cccc(CNCC2CC=CCC2)c1. The minimum absolute atomic E-state index is 0.734. The van der Waals surface area contributed by atoms with Crippen molar-refractivity contribution in [3.05, 3.63) is 42.0 Å². The lowest BCUT2D eigenvalue weighted by molar-refractivity contribution is 0.261. The van der Waals surface area contributed by atoms with Crippen molar-refractivity contribution in [1.82, 2.24) is 10.2 Å². The highest BCUT2D eigenvalue weighted by atomic mass is 16.5. The molecule has 0 spiro atoms. The standard InChI is InChI=1S/C18H28N2O/c1-20(2)11-12-21-18-10-6-9-17(13-18)15-19-14-16-7-4-3-5-8-16/h3-4,6,9-10,13,16,19H,5,7-8,11-12,14-15H2,1-2H3. The van der Waals surface area contributed by atoms with Crippen LogP contribution in [0.1, 0.15) is 24.8 Å². The van der Waals surface area contributed by atoms with E-state index in [4.69, 9.17) is 4.74 Å². The fourth-order valence-corrected chi connectivity index (χ4v) is 2.55. The van der Waals surface area contributed by atoms with Crippen molar-refractivity contribution in [3.8, 4) is 5.75 Å². The molecule has 0 bridgehead atoms. The Kier molecular flexibility index (Phi) is 6.77. The van der Waals surface area contributed by atoms with E-state index < -0.39 is 0 Å². The molecule has 0 saturated heterocycles. The Bertz CT molecular complexity index is 443. The zero-order valence-corrected chi connectivity index (χ0v) is 13.3. The van der Waals surface area contributed by atoms with Crippen LogP contribution >= 0.6 is 0 Å². The first kappa shape index (κ1) is 16.1. The molecule has 0 fully saturated rings. The number of hydrogen-bond acceptors (Lipinski definition) is 3. The van der Waals surface area contributed by atoms with Crippen LogP contribution in [0.4, 0.5) is 0 Å². The largest absolute Gasteiger partial charge is 0.492 e. The summed E-state index contributed by atoms with van der Waals surface area (Å²) in [5.41, 5.74) is 1.30. The summed E-state index contributed by atoms with van der Waals surface area (Å²) in [7, 11) is 4.12. The van der Waals surface area contributed by atoms with Crippen LogP contribution in [0.25, 0.3) is 0 Å². The Morgan fingerprint density at radius 1 is 1.29 bits per heavy atom. The van der Waals surface area contributed by atoms with E-state index in [0.717, 1.165) is 37.9 Å². The van der Waals surface area contributed by atoms with Crippen LogP contribution in [-0.4, -0.2) is 38.7 Å². The molecule has 3 heteroatoms. The van der Waals surface area contributed by atoms with Crippen molar-refractivity contribution in [1.29, 1.82) is 0 Å². The number of hydrogen-bond donors (Lipinski definition) is 1. The summed E-state index contributed by atoms with van der Waals surface area (Å²) < 4.78 is 5.78. The number of nitrogens with one attached hydrogen (secondary N) is 1. The molecular weight excluding hydrogens is 260 g/mol. The van der Waals surface area contributed by atoms with E-state index in [2.05, 4.69) is 54.7 Å². The van der Waals surface area contributed by atoms with Gasteiger partial charge in [0, 0.05) is 13.1 Å². The van der Waals surface area contributed by atoms with Gasteiger partial charge in [-0.05, 0) is 63.5 Å². The molecule has 1 atom stereocenters. The molecule has 1 unspecified atom stereocenters. The topological polar surface area (TPSA) is 24.5 Å². The van der Waals surface area contributed by atoms with Gasteiger partial charge in [0.15, 0.2) is 0 Å². The second-order valence-corrected chi connectivity index (χ2v) is 6.08. The van der Waals surface area contributed by atoms with Gasteiger partial charge in [-0.3, -0.25) is 0 Å². The molecule has 0 amide bonds. The Labute approximate surface area is 129 Å². The minimum Gasteiger partial charge on any atom is -0.492 e. The first-order valence-corrected chi connectivity index (χ1v) is 7.96. The first-order valence-electron chi connectivity index (χ1n) is 7.96. The molecule has 0 heterocycles. The molecule has 1 aliphatic rings. The second kappa shape index (κ2) is 8.85. The zero-order valence-electron chi connectivity index (χ0n) is 13.3. The van der Waals surface area contributed by atoms with Crippen molar-refractivity contribution >= 4 is 0 Å². The maximum Gasteiger partial charge on any atom is 0.119 e. The smallest absolute Gasteiger partial charge is 0.119 e. The first-order chi connectivity index (χ1) is 10.2.